The highest BCUT2D eigenvalue weighted by Gasteiger charge is 2.11. The van der Waals surface area contributed by atoms with Gasteiger partial charge >= 0.3 is 0 Å². The monoisotopic (exact) mass is 238 g/mol. The number of ether oxygens (including phenoxy) is 1. The summed E-state index contributed by atoms with van der Waals surface area (Å²) in [5.41, 5.74) is 1.19. The molecule has 0 bridgehead atoms. The van der Waals surface area contributed by atoms with E-state index in [-0.39, 0.29) is 0 Å². The predicted molar refractivity (Wildman–Crippen MR) is 66.8 cm³/mol. The lowest BCUT2D eigenvalue weighted by Crippen LogP contribution is -2.24. The molecule has 0 radical (unpaired) electrons. The minimum Gasteiger partial charge on any atom is -0.467 e. The van der Waals surface area contributed by atoms with Crippen molar-refractivity contribution in [3.05, 3.63) is 23.7 Å². The van der Waals surface area contributed by atoms with Gasteiger partial charge in [0.05, 0.1) is 12.9 Å². The van der Waals surface area contributed by atoms with Crippen molar-refractivity contribution in [3.63, 3.8) is 0 Å². The van der Waals surface area contributed by atoms with Gasteiger partial charge in [0.25, 0.3) is 0 Å². The Morgan fingerprint density at radius 3 is 3.00 bits per heavy atom. The molecule has 0 saturated carbocycles. The third-order valence-electron chi connectivity index (χ3n) is 3.19. The molecular weight excluding hydrogens is 216 g/mol. The van der Waals surface area contributed by atoms with Crippen LogP contribution >= 0.6 is 0 Å². The molecule has 0 aromatic carbocycles. The third kappa shape index (κ3) is 3.84. The zero-order valence-corrected chi connectivity index (χ0v) is 10.6. The molecule has 0 amide bonds. The molecule has 0 atom stereocenters. The van der Waals surface area contributed by atoms with Crippen LogP contribution in [0, 0.1) is 0 Å². The van der Waals surface area contributed by atoms with E-state index in [1.807, 2.05) is 13.1 Å². The largest absolute Gasteiger partial charge is 0.467 e. The van der Waals surface area contributed by atoms with Gasteiger partial charge in [0.2, 0.25) is 0 Å². The van der Waals surface area contributed by atoms with Crippen molar-refractivity contribution in [2.75, 3.05) is 33.3 Å². The van der Waals surface area contributed by atoms with Crippen LogP contribution in [0.5, 0.6) is 0 Å². The highest BCUT2D eigenvalue weighted by Crippen LogP contribution is 2.12. The van der Waals surface area contributed by atoms with Gasteiger partial charge in [0, 0.05) is 18.7 Å². The molecule has 1 N–H and O–H groups in total. The van der Waals surface area contributed by atoms with Crippen LogP contribution in [0.25, 0.3) is 0 Å². The lowest BCUT2D eigenvalue weighted by Gasteiger charge is -2.14. The van der Waals surface area contributed by atoms with Gasteiger partial charge in [-0.2, -0.15) is 0 Å². The average Bonchev–Trinajstić information content (AvgIpc) is 2.96. The van der Waals surface area contributed by atoms with Gasteiger partial charge in [-0.25, -0.2) is 0 Å². The Kier molecular flexibility index (Phi) is 5.04. The zero-order chi connectivity index (χ0) is 11.9. The molecule has 0 aliphatic carbocycles. The van der Waals surface area contributed by atoms with E-state index in [2.05, 4.69) is 10.2 Å². The summed E-state index contributed by atoms with van der Waals surface area (Å²) in [5.74, 6) is 0.945. The Morgan fingerprint density at radius 1 is 1.41 bits per heavy atom. The van der Waals surface area contributed by atoms with E-state index >= 15 is 0 Å². The number of hydrogen-bond donors (Lipinski definition) is 1. The molecule has 0 spiro atoms. The smallest absolute Gasteiger partial charge is 0.133 e. The Balaban J connectivity index is 1.65. The van der Waals surface area contributed by atoms with Crippen LogP contribution in [0.1, 0.15) is 24.2 Å². The molecule has 96 valence electrons. The van der Waals surface area contributed by atoms with E-state index in [0.717, 1.165) is 25.5 Å². The molecule has 0 unspecified atom stereocenters. The second-order valence-electron chi connectivity index (χ2n) is 4.50. The van der Waals surface area contributed by atoms with Crippen LogP contribution in [-0.2, 0) is 17.9 Å². The summed E-state index contributed by atoms with van der Waals surface area (Å²) < 4.78 is 11.1. The van der Waals surface area contributed by atoms with Crippen molar-refractivity contribution in [1.82, 2.24) is 10.2 Å². The second-order valence-corrected chi connectivity index (χ2v) is 4.50. The molecule has 1 aliphatic heterocycles. The Labute approximate surface area is 103 Å². The summed E-state index contributed by atoms with van der Waals surface area (Å²) in [4.78, 5) is 2.46. The van der Waals surface area contributed by atoms with E-state index in [9.17, 15) is 0 Å². The highest BCUT2D eigenvalue weighted by molar-refractivity contribution is 5.15. The molecule has 1 aromatic heterocycles. The topological polar surface area (TPSA) is 37.6 Å². The van der Waals surface area contributed by atoms with E-state index < -0.39 is 0 Å². The highest BCUT2D eigenvalue weighted by atomic mass is 16.5. The maximum Gasteiger partial charge on any atom is 0.133 e. The van der Waals surface area contributed by atoms with E-state index in [0.29, 0.717) is 6.61 Å². The minimum absolute atomic E-state index is 0.581. The number of rotatable bonds is 7. The lowest BCUT2D eigenvalue weighted by molar-refractivity contribution is 0.0868. The molecule has 2 rings (SSSR count). The number of furan rings is 1. The first-order chi connectivity index (χ1) is 8.40. The van der Waals surface area contributed by atoms with E-state index in [1.54, 1.807) is 6.26 Å². The van der Waals surface area contributed by atoms with Crippen LogP contribution in [-0.4, -0.2) is 38.2 Å². The fourth-order valence-corrected chi connectivity index (χ4v) is 2.21. The van der Waals surface area contributed by atoms with Crippen molar-refractivity contribution < 1.29 is 9.15 Å². The summed E-state index contributed by atoms with van der Waals surface area (Å²) >= 11 is 0. The molecular formula is C13H22N2O2. The number of hydrogen-bond acceptors (Lipinski definition) is 4. The third-order valence-corrected chi connectivity index (χ3v) is 3.19. The zero-order valence-electron chi connectivity index (χ0n) is 10.6. The van der Waals surface area contributed by atoms with Crippen LogP contribution in [0.2, 0.25) is 0 Å². The van der Waals surface area contributed by atoms with Crippen molar-refractivity contribution in [2.45, 2.75) is 26.0 Å². The molecule has 2 heterocycles. The van der Waals surface area contributed by atoms with Gasteiger partial charge in [-0.05, 0) is 39.0 Å². The minimum atomic E-state index is 0.581. The van der Waals surface area contributed by atoms with Crippen LogP contribution in [0.15, 0.2) is 16.7 Å². The Morgan fingerprint density at radius 2 is 2.24 bits per heavy atom. The summed E-state index contributed by atoms with van der Waals surface area (Å²) in [6.07, 6.45) is 4.40. The van der Waals surface area contributed by atoms with Crippen molar-refractivity contribution in [3.8, 4) is 0 Å². The molecule has 17 heavy (non-hydrogen) atoms. The standard InChI is InChI=1S/C13H22N2O2/c1-14-10-12-4-8-17-13(12)11-16-9-7-15-5-2-3-6-15/h4,8,14H,2-3,5-7,9-11H2,1H3. The van der Waals surface area contributed by atoms with Crippen LogP contribution in [0.4, 0.5) is 0 Å². The van der Waals surface area contributed by atoms with Crippen LogP contribution in [0.3, 0.4) is 0 Å². The summed E-state index contributed by atoms with van der Waals surface area (Å²) in [7, 11) is 1.94. The van der Waals surface area contributed by atoms with Crippen molar-refractivity contribution in [1.29, 1.82) is 0 Å². The lowest BCUT2D eigenvalue weighted by atomic mass is 10.2. The maximum absolute atomic E-state index is 5.66. The van der Waals surface area contributed by atoms with Gasteiger partial charge in [-0.3, -0.25) is 0 Å². The first-order valence-electron chi connectivity index (χ1n) is 6.40. The second kappa shape index (κ2) is 6.79. The Bertz CT molecular complexity index is 319. The van der Waals surface area contributed by atoms with E-state index in [4.69, 9.17) is 9.15 Å². The van der Waals surface area contributed by atoms with Gasteiger partial charge in [0.15, 0.2) is 0 Å². The van der Waals surface area contributed by atoms with Gasteiger partial charge in [-0.15, -0.1) is 0 Å². The fraction of sp³-hybridized carbons (Fsp3) is 0.692. The number of nitrogens with zero attached hydrogens (tertiary/aromatic N) is 1. The number of likely N-dealkylation sites (tertiary alicyclic amines) is 1. The molecule has 4 heteroatoms. The molecule has 1 aliphatic rings. The first kappa shape index (κ1) is 12.6. The molecule has 1 fully saturated rings. The molecule has 1 saturated heterocycles. The van der Waals surface area contributed by atoms with Crippen molar-refractivity contribution >= 4 is 0 Å². The predicted octanol–water partition coefficient (Wildman–Crippen LogP) is 1.61. The average molecular weight is 238 g/mol. The molecule has 1 aromatic rings. The number of nitrogens with one attached hydrogen (secondary N) is 1. The van der Waals surface area contributed by atoms with Crippen LogP contribution < -0.4 is 5.32 Å². The van der Waals surface area contributed by atoms with E-state index in [1.165, 1.54) is 31.5 Å². The van der Waals surface area contributed by atoms with Gasteiger partial charge in [-0.1, -0.05) is 0 Å². The SMILES string of the molecule is CNCc1ccoc1COCCN1CCCC1. The van der Waals surface area contributed by atoms with Gasteiger partial charge < -0.3 is 19.4 Å². The molecule has 4 nitrogen and oxygen atoms in total. The fourth-order valence-electron chi connectivity index (χ4n) is 2.21. The maximum atomic E-state index is 5.66. The quantitative estimate of drug-likeness (QED) is 0.732. The summed E-state index contributed by atoms with van der Waals surface area (Å²) in [6, 6.07) is 2.00. The Hall–Kier alpha value is -0.840. The normalized spacial score (nSPS) is 16.8. The summed E-state index contributed by atoms with van der Waals surface area (Å²) in [6.45, 7) is 5.71. The van der Waals surface area contributed by atoms with Crippen molar-refractivity contribution in [2.24, 2.45) is 0 Å². The first-order valence-corrected chi connectivity index (χ1v) is 6.40. The van der Waals surface area contributed by atoms with Gasteiger partial charge in [0.1, 0.15) is 12.4 Å². The summed E-state index contributed by atoms with van der Waals surface area (Å²) in [5, 5.41) is 3.12.